The Balaban J connectivity index is 2.11. The van der Waals surface area contributed by atoms with Gasteiger partial charge in [0.25, 0.3) is 11.8 Å². The molecule has 7 heteroatoms. The number of ether oxygens (including phenoxy) is 1. The lowest BCUT2D eigenvalue weighted by Gasteiger charge is -2.09. The number of nitrogens with one attached hydrogen (secondary N) is 1. The minimum atomic E-state index is -0.285. The third-order valence-electron chi connectivity index (χ3n) is 3.30. The molecule has 0 radical (unpaired) electrons. The minimum absolute atomic E-state index is 0.125. The van der Waals surface area contributed by atoms with E-state index in [2.05, 4.69) is 24.1 Å². The van der Waals surface area contributed by atoms with Gasteiger partial charge in [0, 0.05) is 19.7 Å². The van der Waals surface area contributed by atoms with Crippen LogP contribution in [0.1, 0.15) is 39.6 Å². The number of carbonyl (C=O) groups excluding carboxylic acids is 2. The molecule has 6 nitrogen and oxygen atoms in total. The van der Waals surface area contributed by atoms with Gasteiger partial charge >= 0.3 is 0 Å². The molecular formula is C18H23N3O3S. The zero-order valence-corrected chi connectivity index (χ0v) is 15.9. The Bertz CT molecular complexity index is 769. The Morgan fingerprint density at radius 1 is 1.32 bits per heavy atom. The average molecular weight is 361 g/mol. The molecule has 2 rings (SSSR count). The maximum absolute atomic E-state index is 12.4. The van der Waals surface area contributed by atoms with Crippen LogP contribution in [0.2, 0.25) is 0 Å². The first-order chi connectivity index (χ1) is 11.8. The van der Waals surface area contributed by atoms with Gasteiger partial charge in [-0.3, -0.25) is 14.9 Å². The monoisotopic (exact) mass is 361 g/mol. The van der Waals surface area contributed by atoms with Crippen molar-refractivity contribution in [2.45, 2.75) is 20.8 Å². The first-order valence-corrected chi connectivity index (χ1v) is 8.83. The number of aryl methyl sites for hydroxylation is 1. The summed E-state index contributed by atoms with van der Waals surface area (Å²) in [6.45, 7) is 6.47. The number of hydrogen-bond donors (Lipinski definition) is 1. The SMILES string of the molecule is Cc1nc(NC(=O)c2cccc(OCC(C)C)c2)sc1C(=O)N(C)C. The molecule has 1 heterocycles. The second-order valence-corrected chi connectivity index (χ2v) is 7.32. The van der Waals surface area contributed by atoms with Crippen LogP contribution in [-0.4, -0.2) is 42.4 Å². The van der Waals surface area contributed by atoms with Gasteiger partial charge < -0.3 is 9.64 Å². The Labute approximate surface area is 151 Å². The molecule has 0 aliphatic heterocycles. The molecule has 2 aromatic rings. The Hall–Kier alpha value is -2.41. The molecule has 0 unspecified atom stereocenters. The topological polar surface area (TPSA) is 71.5 Å². The van der Waals surface area contributed by atoms with Crippen molar-refractivity contribution in [3.63, 3.8) is 0 Å². The van der Waals surface area contributed by atoms with Crippen LogP contribution in [-0.2, 0) is 0 Å². The van der Waals surface area contributed by atoms with E-state index < -0.39 is 0 Å². The van der Waals surface area contributed by atoms with Crippen LogP contribution in [0, 0.1) is 12.8 Å². The number of rotatable bonds is 6. The van der Waals surface area contributed by atoms with Gasteiger partial charge in [-0.1, -0.05) is 31.3 Å². The van der Waals surface area contributed by atoms with E-state index >= 15 is 0 Å². The van der Waals surface area contributed by atoms with Crippen LogP contribution in [0.3, 0.4) is 0 Å². The number of anilines is 1. The molecule has 0 bridgehead atoms. The molecule has 0 saturated heterocycles. The maximum atomic E-state index is 12.4. The predicted molar refractivity (Wildman–Crippen MR) is 99.6 cm³/mol. The first kappa shape index (κ1) is 18.9. The van der Waals surface area contributed by atoms with E-state index in [1.807, 2.05) is 6.07 Å². The molecule has 0 aliphatic rings. The highest BCUT2D eigenvalue weighted by molar-refractivity contribution is 7.17. The van der Waals surface area contributed by atoms with Crippen molar-refractivity contribution in [1.82, 2.24) is 9.88 Å². The smallest absolute Gasteiger partial charge is 0.265 e. The number of hydrogen-bond acceptors (Lipinski definition) is 5. The molecule has 1 N–H and O–H groups in total. The van der Waals surface area contributed by atoms with Gasteiger partial charge in [-0.05, 0) is 31.0 Å². The number of benzene rings is 1. The number of carbonyl (C=O) groups is 2. The first-order valence-electron chi connectivity index (χ1n) is 8.01. The van der Waals surface area contributed by atoms with Crippen molar-refractivity contribution in [2.24, 2.45) is 5.92 Å². The normalized spacial score (nSPS) is 10.6. The second kappa shape index (κ2) is 8.11. The summed E-state index contributed by atoms with van der Waals surface area (Å²) >= 11 is 1.17. The minimum Gasteiger partial charge on any atom is -0.493 e. The molecule has 25 heavy (non-hydrogen) atoms. The van der Waals surface area contributed by atoms with Gasteiger partial charge in [-0.25, -0.2) is 4.98 Å². The summed E-state index contributed by atoms with van der Waals surface area (Å²) in [5.74, 6) is 0.649. The van der Waals surface area contributed by atoms with Gasteiger partial charge in [-0.2, -0.15) is 0 Å². The highest BCUT2D eigenvalue weighted by atomic mass is 32.1. The molecule has 134 valence electrons. The van der Waals surface area contributed by atoms with E-state index in [1.165, 1.54) is 16.2 Å². The predicted octanol–water partition coefficient (Wildman–Crippen LogP) is 3.44. The molecule has 0 spiro atoms. The molecule has 0 fully saturated rings. The molecular weight excluding hydrogens is 338 g/mol. The van der Waals surface area contributed by atoms with Crippen molar-refractivity contribution < 1.29 is 14.3 Å². The summed E-state index contributed by atoms with van der Waals surface area (Å²) in [7, 11) is 3.37. The Morgan fingerprint density at radius 3 is 2.68 bits per heavy atom. The summed E-state index contributed by atoms with van der Waals surface area (Å²) in [5.41, 5.74) is 1.09. The molecule has 0 atom stereocenters. The number of amides is 2. The van der Waals surface area contributed by atoms with Crippen molar-refractivity contribution >= 4 is 28.3 Å². The van der Waals surface area contributed by atoms with Crippen LogP contribution < -0.4 is 10.1 Å². The van der Waals surface area contributed by atoms with E-state index in [0.717, 1.165) is 0 Å². The quantitative estimate of drug-likeness (QED) is 0.855. The molecule has 0 aliphatic carbocycles. The fourth-order valence-electron chi connectivity index (χ4n) is 2.01. The maximum Gasteiger partial charge on any atom is 0.265 e. The van der Waals surface area contributed by atoms with E-state index in [4.69, 9.17) is 4.74 Å². The number of aromatic nitrogens is 1. The fraction of sp³-hybridized carbons (Fsp3) is 0.389. The van der Waals surface area contributed by atoms with Crippen LogP contribution >= 0.6 is 11.3 Å². The van der Waals surface area contributed by atoms with E-state index in [-0.39, 0.29) is 11.8 Å². The average Bonchev–Trinajstić information content (AvgIpc) is 2.92. The molecule has 0 saturated carbocycles. The van der Waals surface area contributed by atoms with Gasteiger partial charge in [0.2, 0.25) is 0 Å². The Kier molecular flexibility index (Phi) is 6.14. The lowest BCUT2D eigenvalue weighted by molar-refractivity contribution is 0.0831. The highest BCUT2D eigenvalue weighted by Crippen LogP contribution is 2.24. The van der Waals surface area contributed by atoms with Gasteiger partial charge in [-0.15, -0.1) is 0 Å². The van der Waals surface area contributed by atoms with Gasteiger partial charge in [0.15, 0.2) is 5.13 Å². The summed E-state index contributed by atoms with van der Waals surface area (Å²) < 4.78 is 5.65. The van der Waals surface area contributed by atoms with Gasteiger partial charge in [0.05, 0.1) is 12.3 Å². The lowest BCUT2D eigenvalue weighted by Crippen LogP contribution is -2.21. The standard InChI is InChI=1S/C18H23N3O3S/c1-11(2)10-24-14-8-6-7-13(9-14)16(22)20-18-19-12(3)15(25-18)17(23)21(4)5/h6-9,11H,10H2,1-5H3,(H,19,20,22). The van der Waals surface area contributed by atoms with Gasteiger partial charge in [0.1, 0.15) is 10.6 Å². The summed E-state index contributed by atoms with van der Waals surface area (Å²) in [4.78, 5) is 30.8. The fourth-order valence-corrected chi connectivity index (χ4v) is 2.99. The van der Waals surface area contributed by atoms with Crippen molar-refractivity contribution in [1.29, 1.82) is 0 Å². The van der Waals surface area contributed by atoms with E-state index in [0.29, 0.717) is 39.5 Å². The van der Waals surface area contributed by atoms with E-state index in [1.54, 1.807) is 39.2 Å². The van der Waals surface area contributed by atoms with Crippen LogP contribution in [0.5, 0.6) is 5.75 Å². The van der Waals surface area contributed by atoms with Crippen LogP contribution in [0.4, 0.5) is 5.13 Å². The van der Waals surface area contributed by atoms with Crippen LogP contribution in [0.15, 0.2) is 24.3 Å². The van der Waals surface area contributed by atoms with Crippen molar-refractivity contribution in [3.05, 3.63) is 40.4 Å². The third-order valence-corrected chi connectivity index (χ3v) is 4.36. The number of nitrogens with zero attached hydrogens (tertiary/aromatic N) is 2. The number of thiazole rings is 1. The van der Waals surface area contributed by atoms with Crippen LogP contribution in [0.25, 0.3) is 0 Å². The molecule has 1 aromatic carbocycles. The molecule has 1 aromatic heterocycles. The Morgan fingerprint density at radius 2 is 2.04 bits per heavy atom. The van der Waals surface area contributed by atoms with Crippen molar-refractivity contribution in [2.75, 3.05) is 26.0 Å². The zero-order valence-electron chi connectivity index (χ0n) is 15.1. The molecule has 2 amide bonds. The highest BCUT2D eigenvalue weighted by Gasteiger charge is 2.18. The summed E-state index contributed by atoms with van der Waals surface area (Å²) in [6, 6.07) is 7.01. The summed E-state index contributed by atoms with van der Waals surface area (Å²) in [5, 5.41) is 3.15. The zero-order chi connectivity index (χ0) is 18.6. The third kappa shape index (κ3) is 5.03. The summed E-state index contributed by atoms with van der Waals surface area (Å²) in [6.07, 6.45) is 0. The van der Waals surface area contributed by atoms with E-state index in [9.17, 15) is 9.59 Å². The lowest BCUT2D eigenvalue weighted by atomic mass is 10.2. The van der Waals surface area contributed by atoms with Crippen molar-refractivity contribution in [3.8, 4) is 5.75 Å². The second-order valence-electron chi connectivity index (χ2n) is 6.32. The largest absolute Gasteiger partial charge is 0.493 e.